The first kappa shape index (κ1) is 15.0. The van der Waals surface area contributed by atoms with Crippen LogP contribution in [0.2, 0.25) is 0 Å². The van der Waals surface area contributed by atoms with Crippen molar-refractivity contribution in [3.05, 3.63) is 5.82 Å². The average Bonchev–Trinajstić information content (AvgIpc) is 2.41. The van der Waals surface area contributed by atoms with Gasteiger partial charge < -0.3 is 15.1 Å². The number of rotatable bonds is 4. The van der Waals surface area contributed by atoms with Crippen molar-refractivity contribution in [2.24, 2.45) is 0 Å². The molecule has 1 N–H and O–H groups in total. The molecule has 0 amide bonds. The minimum Gasteiger partial charge on any atom is -0.351 e. The van der Waals surface area contributed by atoms with Crippen LogP contribution in [0.15, 0.2) is 0 Å². The molecule has 6 nitrogen and oxygen atoms in total. The Bertz CT molecular complexity index is 411. The zero-order valence-electron chi connectivity index (χ0n) is 13.2. The predicted molar refractivity (Wildman–Crippen MR) is 82.4 cm³/mol. The van der Waals surface area contributed by atoms with E-state index in [1.54, 1.807) is 0 Å². The number of hydrogen-bond acceptors (Lipinski definition) is 6. The summed E-state index contributed by atoms with van der Waals surface area (Å²) in [5, 5.41) is 3.48. The van der Waals surface area contributed by atoms with Crippen molar-refractivity contribution in [2.45, 2.75) is 38.6 Å². The van der Waals surface area contributed by atoms with Gasteiger partial charge in [0.1, 0.15) is 5.82 Å². The number of aromatic nitrogens is 3. The summed E-state index contributed by atoms with van der Waals surface area (Å²) in [6.07, 6.45) is 2.27. The highest BCUT2D eigenvalue weighted by atomic mass is 15.3. The maximum atomic E-state index is 4.55. The van der Waals surface area contributed by atoms with Crippen LogP contribution in [0.3, 0.4) is 0 Å². The fourth-order valence-electron chi connectivity index (χ4n) is 2.24. The van der Waals surface area contributed by atoms with Crippen LogP contribution >= 0.6 is 0 Å². The average molecular weight is 278 g/mol. The Morgan fingerprint density at radius 3 is 2.35 bits per heavy atom. The first-order chi connectivity index (χ1) is 9.45. The maximum Gasteiger partial charge on any atom is 0.229 e. The van der Waals surface area contributed by atoms with Crippen molar-refractivity contribution in [1.29, 1.82) is 0 Å². The third-order valence-electron chi connectivity index (χ3n) is 3.61. The van der Waals surface area contributed by atoms with E-state index in [0.717, 1.165) is 37.7 Å². The smallest absolute Gasteiger partial charge is 0.229 e. The monoisotopic (exact) mass is 278 g/mol. The van der Waals surface area contributed by atoms with Crippen LogP contribution in [0.4, 0.5) is 11.9 Å². The van der Waals surface area contributed by atoms with Gasteiger partial charge in [0.2, 0.25) is 11.9 Å². The van der Waals surface area contributed by atoms with Crippen LogP contribution in [-0.2, 0) is 0 Å². The van der Waals surface area contributed by atoms with E-state index in [9.17, 15) is 0 Å². The summed E-state index contributed by atoms with van der Waals surface area (Å²) >= 11 is 0. The molecule has 0 saturated carbocycles. The van der Waals surface area contributed by atoms with Gasteiger partial charge in [-0.05, 0) is 33.0 Å². The lowest BCUT2D eigenvalue weighted by Crippen LogP contribution is -2.37. The Morgan fingerprint density at radius 1 is 1.15 bits per heavy atom. The van der Waals surface area contributed by atoms with Gasteiger partial charge in [0, 0.05) is 26.1 Å². The second-order valence-corrected chi connectivity index (χ2v) is 6.09. The number of hydrogen-bond donors (Lipinski definition) is 1. The van der Waals surface area contributed by atoms with Gasteiger partial charge in [-0.25, -0.2) is 0 Å². The third-order valence-corrected chi connectivity index (χ3v) is 3.61. The van der Waals surface area contributed by atoms with E-state index in [1.807, 2.05) is 19.0 Å². The summed E-state index contributed by atoms with van der Waals surface area (Å²) < 4.78 is 0. The van der Waals surface area contributed by atoms with Gasteiger partial charge in [-0.1, -0.05) is 13.8 Å². The highest BCUT2D eigenvalue weighted by molar-refractivity contribution is 5.37. The molecule has 1 aromatic rings. The molecule has 1 aromatic heterocycles. The second kappa shape index (κ2) is 6.35. The fourth-order valence-corrected chi connectivity index (χ4v) is 2.24. The summed E-state index contributed by atoms with van der Waals surface area (Å²) in [6, 6.07) is 0.462. The van der Waals surface area contributed by atoms with E-state index in [1.165, 1.54) is 0 Å². The lowest BCUT2D eigenvalue weighted by Gasteiger charge is -2.29. The molecule has 0 aromatic carbocycles. The Morgan fingerprint density at radius 2 is 1.80 bits per heavy atom. The van der Waals surface area contributed by atoms with E-state index in [-0.39, 0.29) is 0 Å². The Balaban J connectivity index is 2.13. The normalized spacial score (nSPS) is 17.5. The molecule has 112 valence electrons. The Kier molecular flexibility index (Phi) is 4.75. The molecule has 0 atom stereocenters. The fraction of sp³-hybridized carbons (Fsp3) is 0.786. The number of likely N-dealkylation sites (tertiary alicyclic amines) is 1. The predicted octanol–water partition coefficient (Wildman–Crippen LogP) is 1.57. The molecule has 20 heavy (non-hydrogen) atoms. The van der Waals surface area contributed by atoms with E-state index in [0.29, 0.717) is 17.9 Å². The molecule has 2 rings (SSSR count). The molecular formula is C14H26N6. The van der Waals surface area contributed by atoms with Crippen molar-refractivity contribution in [1.82, 2.24) is 19.9 Å². The molecule has 1 aliphatic heterocycles. The van der Waals surface area contributed by atoms with Gasteiger partial charge in [-0.15, -0.1) is 0 Å². The van der Waals surface area contributed by atoms with Crippen molar-refractivity contribution in [2.75, 3.05) is 44.4 Å². The van der Waals surface area contributed by atoms with E-state index in [2.05, 4.69) is 46.1 Å². The van der Waals surface area contributed by atoms with E-state index < -0.39 is 0 Å². The first-order valence-corrected chi connectivity index (χ1v) is 7.34. The molecule has 0 radical (unpaired) electrons. The van der Waals surface area contributed by atoms with E-state index >= 15 is 0 Å². The van der Waals surface area contributed by atoms with Gasteiger partial charge in [0.15, 0.2) is 0 Å². The van der Waals surface area contributed by atoms with Gasteiger partial charge in [0.05, 0.1) is 0 Å². The minimum atomic E-state index is 0.301. The van der Waals surface area contributed by atoms with Crippen LogP contribution in [0.25, 0.3) is 0 Å². The van der Waals surface area contributed by atoms with Gasteiger partial charge >= 0.3 is 0 Å². The van der Waals surface area contributed by atoms with Crippen LogP contribution in [0.1, 0.15) is 38.4 Å². The molecule has 1 fully saturated rings. The summed E-state index contributed by atoms with van der Waals surface area (Å²) in [4.78, 5) is 17.8. The maximum absolute atomic E-state index is 4.55. The molecule has 1 aliphatic rings. The SMILES string of the molecule is CC(C)c1nc(NC2CCN(C)CC2)nc(N(C)C)n1. The van der Waals surface area contributed by atoms with Crippen molar-refractivity contribution >= 4 is 11.9 Å². The Labute approximate surface area is 121 Å². The van der Waals surface area contributed by atoms with Crippen LogP contribution in [0.5, 0.6) is 0 Å². The molecule has 0 unspecified atom stereocenters. The Hall–Kier alpha value is -1.43. The van der Waals surface area contributed by atoms with Gasteiger partial charge in [-0.2, -0.15) is 15.0 Å². The number of piperidine rings is 1. The zero-order valence-corrected chi connectivity index (χ0v) is 13.2. The van der Waals surface area contributed by atoms with Gasteiger partial charge in [-0.3, -0.25) is 0 Å². The standard InChI is InChI=1S/C14H26N6/c1-10(2)12-16-13(18-14(17-12)19(3)4)15-11-6-8-20(5)9-7-11/h10-11H,6-9H2,1-5H3,(H,15,16,17,18). The highest BCUT2D eigenvalue weighted by Gasteiger charge is 2.18. The summed E-state index contributed by atoms with van der Waals surface area (Å²) in [6.45, 7) is 6.46. The minimum absolute atomic E-state index is 0.301. The number of anilines is 2. The summed E-state index contributed by atoms with van der Waals surface area (Å²) in [7, 11) is 6.08. The highest BCUT2D eigenvalue weighted by Crippen LogP contribution is 2.18. The molecular weight excluding hydrogens is 252 g/mol. The van der Waals surface area contributed by atoms with Crippen LogP contribution < -0.4 is 10.2 Å². The lowest BCUT2D eigenvalue weighted by molar-refractivity contribution is 0.263. The van der Waals surface area contributed by atoms with Crippen molar-refractivity contribution in [3.8, 4) is 0 Å². The topological polar surface area (TPSA) is 57.2 Å². The molecule has 0 aliphatic carbocycles. The lowest BCUT2D eigenvalue weighted by atomic mass is 10.1. The zero-order chi connectivity index (χ0) is 14.7. The molecule has 2 heterocycles. The number of nitrogens with one attached hydrogen (secondary N) is 1. The summed E-state index contributed by atoms with van der Waals surface area (Å²) in [5.41, 5.74) is 0. The quantitative estimate of drug-likeness (QED) is 0.902. The second-order valence-electron chi connectivity index (χ2n) is 6.09. The number of nitrogens with zero attached hydrogens (tertiary/aromatic N) is 5. The van der Waals surface area contributed by atoms with Crippen LogP contribution in [-0.4, -0.2) is 60.1 Å². The molecule has 6 heteroatoms. The molecule has 1 saturated heterocycles. The third kappa shape index (κ3) is 3.79. The molecule has 0 bridgehead atoms. The van der Waals surface area contributed by atoms with Crippen LogP contribution in [0, 0.1) is 0 Å². The first-order valence-electron chi connectivity index (χ1n) is 7.34. The largest absolute Gasteiger partial charge is 0.351 e. The van der Waals surface area contributed by atoms with Gasteiger partial charge in [0.25, 0.3) is 0 Å². The summed E-state index contributed by atoms with van der Waals surface area (Å²) in [5.74, 6) is 2.58. The van der Waals surface area contributed by atoms with E-state index in [4.69, 9.17) is 0 Å². The van der Waals surface area contributed by atoms with Crippen molar-refractivity contribution in [3.63, 3.8) is 0 Å². The van der Waals surface area contributed by atoms with Crippen molar-refractivity contribution < 1.29 is 0 Å². The molecule has 0 spiro atoms.